The molecule has 158 valence electrons. The van der Waals surface area contributed by atoms with E-state index in [0.29, 0.717) is 43.2 Å². The van der Waals surface area contributed by atoms with E-state index in [4.69, 9.17) is 0 Å². The van der Waals surface area contributed by atoms with Gasteiger partial charge >= 0.3 is 0 Å². The van der Waals surface area contributed by atoms with E-state index in [1.807, 2.05) is 13.8 Å². The standard InChI is InChI=1S/C20H33N3O5/c1-14(2)10-18(25)21-19(26)17-8-5-9-23(17)20(27)16(12-22(28)13-24)11-15-6-3-4-7-15/h13-17,28H,3-12H2,1-2H3,(H,21,25,26)/t16?,17-/m0/s1. The van der Waals surface area contributed by atoms with Crippen LogP contribution < -0.4 is 5.32 Å². The Morgan fingerprint density at radius 2 is 1.86 bits per heavy atom. The molecule has 8 nitrogen and oxygen atoms in total. The van der Waals surface area contributed by atoms with E-state index < -0.39 is 17.9 Å². The Kier molecular flexibility index (Phi) is 8.41. The molecule has 1 saturated carbocycles. The van der Waals surface area contributed by atoms with Crippen LogP contribution >= 0.6 is 0 Å². The lowest BCUT2D eigenvalue weighted by Gasteiger charge is -2.30. The Bertz CT molecular complexity index is 574. The first kappa shape index (κ1) is 22.3. The number of carbonyl (C=O) groups is 4. The van der Waals surface area contributed by atoms with E-state index in [0.717, 1.165) is 25.7 Å². The number of rotatable bonds is 9. The number of carbonyl (C=O) groups excluding carboxylic acids is 4. The summed E-state index contributed by atoms with van der Waals surface area (Å²) in [5, 5.41) is 12.6. The van der Waals surface area contributed by atoms with Crippen LogP contribution in [0.25, 0.3) is 0 Å². The molecule has 8 heteroatoms. The van der Waals surface area contributed by atoms with Crippen LogP contribution in [0.5, 0.6) is 0 Å². The van der Waals surface area contributed by atoms with E-state index in [1.54, 1.807) is 0 Å². The van der Waals surface area contributed by atoms with Crippen molar-refractivity contribution in [1.29, 1.82) is 0 Å². The van der Waals surface area contributed by atoms with Gasteiger partial charge in [-0.15, -0.1) is 0 Å². The van der Waals surface area contributed by atoms with Crippen LogP contribution in [0.15, 0.2) is 0 Å². The van der Waals surface area contributed by atoms with Gasteiger partial charge in [0, 0.05) is 13.0 Å². The van der Waals surface area contributed by atoms with Gasteiger partial charge in [-0.3, -0.25) is 29.7 Å². The fourth-order valence-corrected chi connectivity index (χ4v) is 4.35. The average molecular weight is 396 g/mol. The lowest BCUT2D eigenvalue weighted by Crippen LogP contribution is -2.50. The topological polar surface area (TPSA) is 107 Å². The highest BCUT2D eigenvalue weighted by Gasteiger charge is 2.39. The molecule has 1 unspecified atom stereocenters. The summed E-state index contributed by atoms with van der Waals surface area (Å²) in [4.78, 5) is 50.0. The summed E-state index contributed by atoms with van der Waals surface area (Å²) in [7, 11) is 0. The van der Waals surface area contributed by atoms with E-state index in [1.165, 1.54) is 4.90 Å². The molecular weight excluding hydrogens is 362 g/mol. The van der Waals surface area contributed by atoms with Crippen molar-refractivity contribution in [1.82, 2.24) is 15.3 Å². The quantitative estimate of drug-likeness (QED) is 0.351. The summed E-state index contributed by atoms with van der Waals surface area (Å²) in [6.45, 7) is 4.17. The van der Waals surface area contributed by atoms with Crippen molar-refractivity contribution in [2.45, 2.75) is 71.3 Å². The van der Waals surface area contributed by atoms with Crippen LogP contribution in [0.4, 0.5) is 0 Å². The second-order valence-electron chi connectivity index (χ2n) is 8.51. The number of imide groups is 1. The second-order valence-corrected chi connectivity index (χ2v) is 8.51. The molecule has 1 aliphatic heterocycles. The van der Waals surface area contributed by atoms with E-state index >= 15 is 0 Å². The number of likely N-dealkylation sites (tertiary alicyclic amines) is 1. The summed E-state index contributed by atoms with van der Waals surface area (Å²) in [6.07, 6.45) is 6.72. The molecule has 0 radical (unpaired) electrons. The first-order valence-electron chi connectivity index (χ1n) is 10.4. The predicted octanol–water partition coefficient (Wildman–Crippen LogP) is 1.71. The van der Waals surface area contributed by atoms with Gasteiger partial charge in [0.15, 0.2) is 0 Å². The van der Waals surface area contributed by atoms with Crippen molar-refractivity contribution in [2.75, 3.05) is 13.1 Å². The van der Waals surface area contributed by atoms with Crippen LogP contribution in [0.2, 0.25) is 0 Å². The summed E-state index contributed by atoms with van der Waals surface area (Å²) in [5.74, 6) is -0.989. The number of hydroxylamine groups is 2. The van der Waals surface area contributed by atoms with E-state index in [-0.39, 0.29) is 30.7 Å². The van der Waals surface area contributed by atoms with Gasteiger partial charge in [0.05, 0.1) is 12.5 Å². The Labute approximate surface area is 166 Å². The molecule has 2 rings (SSSR count). The Morgan fingerprint density at radius 3 is 2.46 bits per heavy atom. The van der Waals surface area contributed by atoms with Crippen molar-refractivity contribution >= 4 is 24.1 Å². The molecule has 2 N–H and O–H groups in total. The second kappa shape index (κ2) is 10.5. The zero-order valence-electron chi connectivity index (χ0n) is 16.9. The summed E-state index contributed by atoms with van der Waals surface area (Å²) in [6, 6.07) is -0.668. The fraction of sp³-hybridized carbons (Fsp3) is 0.800. The predicted molar refractivity (Wildman–Crippen MR) is 102 cm³/mol. The Morgan fingerprint density at radius 1 is 1.18 bits per heavy atom. The molecule has 1 saturated heterocycles. The van der Waals surface area contributed by atoms with Crippen molar-refractivity contribution in [2.24, 2.45) is 17.8 Å². The maximum Gasteiger partial charge on any atom is 0.249 e. The molecule has 0 bridgehead atoms. The number of amides is 4. The molecule has 0 spiro atoms. The molecule has 0 aromatic heterocycles. The average Bonchev–Trinajstić information content (AvgIpc) is 3.31. The van der Waals surface area contributed by atoms with E-state index in [9.17, 15) is 24.4 Å². The van der Waals surface area contributed by atoms with Gasteiger partial charge in [-0.1, -0.05) is 39.5 Å². The molecular formula is C20H33N3O5. The van der Waals surface area contributed by atoms with Gasteiger partial charge in [0.25, 0.3) is 0 Å². The van der Waals surface area contributed by atoms with Crippen molar-refractivity contribution < 1.29 is 24.4 Å². The van der Waals surface area contributed by atoms with Crippen LogP contribution in [0.3, 0.4) is 0 Å². The largest absolute Gasteiger partial charge is 0.330 e. The van der Waals surface area contributed by atoms with E-state index in [2.05, 4.69) is 5.32 Å². The third-order valence-electron chi connectivity index (χ3n) is 5.67. The minimum atomic E-state index is -0.668. The highest BCUT2D eigenvalue weighted by atomic mass is 16.5. The highest BCUT2D eigenvalue weighted by molar-refractivity contribution is 5.99. The third-order valence-corrected chi connectivity index (χ3v) is 5.67. The molecule has 2 aliphatic rings. The van der Waals surface area contributed by atoms with Gasteiger partial charge in [-0.25, -0.2) is 5.06 Å². The lowest BCUT2D eigenvalue weighted by molar-refractivity contribution is -0.158. The SMILES string of the molecule is CC(C)CC(=O)NC(=O)[C@@H]1CCCN1C(=O)C(CC1CCCC1)CN(O)C=O. The Balaban J connectivity index is 2.04. The van der Waals surface area contributed by atoms with Gasteiger partial charge in [0.1, 0.15) is 6.04 Å². The summed E-state index contributed by atoms with van der Waals surface area (Å²) < 4.78 is 0. The summed E-state index contributed by atoms with van der Waals surface area (Å²) in [5.41, 5.74) is 0. The molecule has 0 aromatic rings. The number of hydrogen-bond donors (Lipinski definition) is 2. The molecule has 2 fully saturated rings. The molecule has 4 amide bonds. The fourth-order valence-electron chi connectivity index (χ4n) is 4.35. The first-order chi connectivity index (χ1) is 13.3. The van der Waals surface area contributed by atoms with Crippen molar-refractivity contribution in [3.8, 4) is 0 Å². The maximum atomic E-state index is 13.2. The van der Waals surface area contributed by atoms with Crippen LogP contribution in [0.1, 0.15) is 65.2 Å². The lowest BCUT2D eigenvalue weighted by atomic mass is 9.91. The highest BCUT2D eigenvalue weighted by Crippen LogP contribution is 2.32. The van der Waals surface area contributed by atoms with Crippen molar-refractivity contribution in [3.63, 3.8) is 0 Å². The molecule has 0 aromatic carbocycles. The number of nitrogens with zero attached hydrogens (tertiary/aromatic N) is 2. The molecule has 2 atom stereocenters. The minimum Gasteiger partial charge on any atom is -0.330 e. The Hall–Kier alpha value is -1.96. The van der Waals surface area contributed by atoms with Gasteiger partial charge < -0.3 is 4.90 Å². The normalized spacial score (nSPS) is 21.0. The van der Waals surface area contributed by atoms with Gasteiger partial charge in [-0.2, -0.15) is 0 Å². The van der Waals surface area contributed by atoms with Gasteiger partial charge in [-0.05, 0) is 31.1 Å². The first-order valence-corrected chi connectivity index (χ1v) is 10.4. The molecule has 28 heavy (non-hydrogen) atoms. The minimum absolute atomic E-state index is 0.0735. The van der Waals surface area contributed by atoms with Crippen molar-refractivity contribution in [3.05, 3.63) is 0 Å². The van der Waals surface area contributed by atoms with Crippen LogP contribution in [0, 0.1) is 17.8 Å². The summed E-state index contributed by atoms with van der Waals surface area (Å²) >= 11 is 0. The van der Waals surface area contributed by atoms with Gasteiger partial charge in [0.2, 0.25) is 24.1 Å². The monoisotopic (exact) mass is 395 g/mol. The number of hydrogen-bond acceptors (Lipinski definition) is 5. The maximum absolute atomic E-state index is 13.2. The zero-order valence-corrected chi connectivity index (χ0v) is 16.9. The third kappa shape index (κ3) is 6.29. The number of nitrogens with one attached hydrogen (secondary N) is 1. The van der Waals surface area contributed by atoms with Crippen LogP contribution in [-0.2, 0) is 19.2 Å². The molecule has 1 heterocycles. The zero-order chi connectivity index (χ0) is 20.7. The smallest absolute Gasteiger partial charge is 0.249 e. The van der Waals surface area contributed by atoms with Crippen LogP contribution in [-0.4, -0.2) is 58.4 Å². The molecule has 1 aliphatic carbocycles.